The van der Waals surface area contributed by atoms with E-state index in [1.54, 1.807) is 0 Å². The molecule has 1 spiro atoms. The van der Waals surface area contributed by atoms with Crippen LogP contribution >= 0.6 is 0 Å². The lowest BCUT2D eigenvalue weighted by atomic mass is 9.44. The maximum Gasteiger partial charge on any atom is 0.187 e. The zero-order chi connectivity index (χ0) is 36.9. The van der Waals surface area contributed by atoms with Crippen LogP contribution in [0.5, 0.6) is 0 Å². The summed E-state index contributed by atoms with van der Waals surface area (Å²) in [6, 6.07) is 0. The lowest BCUT2D eigenvalue weighted by Crippen LogP contribution is -2.65. The van der Waals surface area contributed by atoms with E-state index in [1.165, 1.54) is 25.7 Å². The Kier molecular flexibility index (Phi) is 10.4. The van der Waals surface area contributed by atoms with E-state index < -0.39 is 80.4 Å². The standard InChI is InChI=1S/C39H64O13/c1-18-7-12-39(47-17-18)19(2)28-25(52-39)14-24-22-6-5-20-13-21(8-10-37(20,3)23(22)9-11-38(24,28)4)48-36-34(32(45)30(43)27(16-41)50-36)51-35-33(46)31(44)29(42)26(15-40)49-35/h18-36,40-46H,5-17H2,1-4H3/t18-,19-,20-,21-,22+,23-,24-,25-,26+,27+,28-,29+,30-,31-,32-,33+,34+,35-,36+,37-,38-,39+/m0/s1. The summed E-state index contributed by atoms with van der Waals surface area (Å²) < 4.78 is 37.5. The monoisotopic (exact) mass is 740 g/mol. The van der Waals surface area contributed by atoms with E-state index in [9.17, 15) is 35.7 Å². The molecule has 4 aliphatic heterocycles. The number of hydrogen-bond acceptors (Lipinski definition) is 13. The topological polar surface area (TPSA) is 197 Å². The summed E-state index contributed by atoms with van der Waals surface area (Å²) in [5.41, 5.74) is 0.425. The summed E-state index contributed by atoms with van der Waals surface area (Å²) in [4.78, 5) is 0. The molecule has 0 aromatic rings. The van der Waals surface area contributed by atoms with Crippen molar-refractivity contribution in [3.63, 3.8) is 0 Å². The van der Waals surface area contributed by atoms with Crippen molar-refractivity contribution >= 4 is 0 Å². The normalized spacial score (nSPS) is 59.0. The molecule has 13 heteroatoms. The van der Waals surface area contributed by atoms with Gasteiger partial charge in [-0.15, -0.1) is 0 Å². The van der Waals surface area contributed by atoms with Gasteiger partial charge in [0.15, 0.2) is 18.4 Å². The van der Waals surface area contributed by atoms with Crippen LogP contribution in [0.25, 0.3) is 0 Å². The molecule has 8 rings (SSSR count). The molecule has 4 saturated heterocycles. The Morgan fingerprint density at radius 2 is 1.37 bits per heavy atom. The Morgan fingerprint density at radius 3 is 2.06 bits per heavy atom. The number of hydrogen-bond donors (Lipinski definition) is 7. The molecule has 22 atom stereocenters. The second kappa shape index (κ2) is 14.1. The number of aliphatic hydroxyl groups is 7. The molecule has 4 heterocycles. The summed E-state index contributed by atoms with van der Waals surface area (Å²) >= 11 is 0. The number of aliphatic hydroxyl groups excluding tert-OH is 7. The van der Waals surface area contributed by atoms with Gasteiger partial charge in [-0.1, -0.05) is 27.7 Å². The highest BCUT2D eigenvalue weighted by molar-refractivity contribution is 5.15. The zero-order valence-corrected chi connectivity index (χ0v) is 31.2. The van der Waals surface area contributed by atoms with Crippen molar-refractivity contribution in [2.75, 3.05) is 19.8 Å². The first-order valence-corrected chi connectivity index (χ1v) is 20.3. The predicted molar refractivity (Wildman–Crippen MR) is 183 cm³/mol. The fraction of sp³-hybridized carbons (Fsp3) is 1.00. The van der Waals surface area contributed by atoms with Crippen LogP contribution in [0.3, 0.4) is 0 Å². The van der Waals surface area contributed by atoms with E-state index in [4.69, 9.17) is 28.4 Å². The molecule has 0 radical (unpaired) electrons. The van der Waals surface area contributed by atoms with E-state index >= 15 is 0 Å². The molecule has 7 N–H and O–H groups in total. The minimum absolute atomic E-state index is 0.168. The third-order valence-electron chi connectivity index (χ3n) is 16.2. The Hall–Kier alpha value is -0.520. The molecule has 13 nitrogen and oxygen atoms in total. The maximum atomic E-state index is 11.1. The van der Waals surface area contributed by atoms with E-state index in [2.05, 4.69) is 27.7 Å². The van der Waals surface area contributed by atoms with E-state index in [0.29, 0.717) is 41.4 Å². The van der Waals surface area contributed by atoms with E-state index in [-0.39, 0.29) is 23.0 Å². The van der Waals surface area contributed by atoms with E-state index in [1.807, 2.05) is 0 Å². The van der Waals surface area contributed by atoms with Gasteiger partial charge in [-0.2, -0.15) is 0 Å². The van der Waals surface area contributed by atoms with Crippen LogP contribution in [0, 0.1) is 52.3 Å². The SMILES string of the molecule is C[C@H]1CC[C@@]2(OC1)O[C@H]1C[C@H]3[C@@H]4CC[C@H]5C[C@@H](O[C@@H]6O[C@H](CO)[C@H](O)[C@H](O)[C@H]6O[C@@H]6O[C@H](CO)[C@@H](O)[C@H](O)[C@H]6O)CC[C@]5(C)[C@H]4CC[C@]3(C)[C@H]1[C@@H]2C. The summed E-state index contributed by atoms with van der Waals surface area (Å²) in [5.74, 6) is 3.51. The van der Waals surface area contributed by atoms with Crippen LogP contribution in [0.1, 0.15) is 91.9 Å². The fourth-order valence-electron chi connectivity index (χ4n) is 13.2. The van der Waals surface area contributed by atoms with Crippen LogP contribution in [0.2, 0.25) is 0 Å². The first-order chi connectivity index (χ1) is 24.7. The third-order valence-corrected chi connectivity index (χ3v) is 16.2. The van der Waals surface area contributed by atoms with Crippen LogP contribution < -0.4 is 0 Å². The molecule has 4 saturated carbocycles. The van der Waals surface area contributed by atoms with Crippen molar-refractivity contribution in [3.8, 4) is 0 Å². The summed E-state index contributed by atoms with van der Waals surface area (Å²) in [5, 5.41) is 72.7. The van der Waals surface area contributed by atoms with Crippen LogP contribution in [0.4, 0.5) is 0 Å². The van der Waals surface area contributed by atoms with E-state index in [0.717, 1.165) is 45.1 Å². The highest BCUT2D eigenvalue weighted by Crippen LogP contribution is 2.71. The van der Waals surface area contributed by atoms with Gasteiger partial charge in [0, 0.05) is 12.3 Å². The molecule has 0 unspecified atom stereocenters. The van der Waals surface area contributed by atoms with Crippen molar-refractivity contribution in [2.24, 2.45) is 52.3 Å². The van der Waals surface area contributed by atoms with Gasteiger partial charge in [0.25, 0.3) is 0 Å². The van der Waals surface area contributed by atoms with Gasteiger partial charge in [-0.3, -0.25) is 0 Å². The highest BCUT2D eigenvalue weighted by Gasteiger charge is 2.69. The Balaban J connectivity index is 0.942. The fourth-order valence-corrected chi connectivity index (χ4v) is 13.2. The molecule has 8 fully saturated rings. The lowest BCUT2D eigenvalue weighted by Gasteiger charge is -2.61. The van der Waals surface area contributed by atoms with Crippen molar-refractivity contribution in [2.45, 2.75) is 171 Å². The van der Waals surface area contributed by atoms with Gasteiger partial charge in [-0.25, -0.2) is 0 Å². The number of ether oxygens (including phenoxy) is 6. The lowest BCUT2D eigenvalue weighted by molar-refractivity contribution is -0.373. The van der Waals surface area contributed by atoms with Crippen molar-refractivity contribution < 1.29 is 64.2 Å². The van der Waals surface area contributed by atoms with Crippen LogP contribution in [-0.2, 0) is 28.4 Å². The quantitative estimate of drug-likeness (QED) is 0.194. The molecule has 52 heavy (non-hydrogen) atoms. The van der Waals surface area contributed by atoms with Crippen LogP contribution in [-0.4, -0.2) is 135 Å². The smallest absolute Gasteiger partial charge is 0.187 e. The van der Waals surface area contributed by atoms with Crippen LogP contribution in [0.15, 0.2) is 0 Å². The predicted octanol–water partition coefficient (Wildman–Crippen LogP) is 1.44. The number of fused-ring (bicyclic) bond motifs is 7. The maximum absolute atomic E-state index is 11.1. The Bertz CT molecular complexity index is 1260. The Labute approximate surface area is 307 Å². The van der Waals surface area contributed by atoms with Crippen molar-refractivity contribution in [3.05, 3.63) is 0 Å². The van der Waals surface area contributed by atoms with Gasteiger partial charge in [0.2, 0.25) is 0 Å². The van der Waals surface area contributed by atoms with Crippen molar-refractivity contribution in [1.82, 2.24) is 0 Å². The average molecular weight is 741 g/mol. The summed E-state index contributed by atoms with van der Waals surface area (Å²) in [6.07, 6.45) is -3.88. The minimum atomic E-state index is -1.71. The molecule has 0 aromatic heterocycles. The molecular weight excluding hydrogens is 676 g/mol. The molecule has 0 aromatic carbocycles. The molecule has 298 valence electrons. The first kappa shape index (κ1) is 38.4. The molecular formula is C39H64O13. The summed E-state index contributed by atoms with van der Waals surface area (Å²) in [6.45, 7) is 9.33. The molecule has 0 bridgehead atoms. The van der Waals surface area contributed by atoms with Gasteiger partial charge in [-0.05, 0) is 104 Å². The Morgan fingerprint density at radius 1 is 0.673 bits per heavy atom. The highest BCUT2D eigenvalue weighted by atomic mass is 16.8. The minimum Gasteiger partial charge on any atom is -0.394 e. The van der Waals surface area contributed by atoms with Gasteiger partial charge in [0.05, 0.1) is 32.0 Å². The molecule has 8 aliphatic rings. The largest absolute Gasteiger partial charge is 0.394 e. The number of rotatable bonds is 6. The molecule has 4 aliphatic carbocycles. The van der Waals surface area contributed by atoms with Gasteiger partial charge >= 0.3 is 0 Å². The zero-order valence-electron chi connectivity index (χ0n) is 31.2. The van der Waals surface area contributed by atoms with Gasteiger partial charge < -0.3 is 64.2 Å². The van der Waals surface area contributed by atoms with Crippen molar-refractivity contribution in [1.29, 1.82) is 0 Å². The second-order valence-electron chi connectivity index (χ2n) is 18.7. The summed E-state index contributed by atoms with van der Waals surface area (Å²) in [7, 11) is 0. The first-order valence-electron chi connectivity index (χ1n) is 20.3. The third kappa shape index (κ3) is 5.98. The second-order valence-corrected chi connectivity index (χ2v) is 18.7. The average Bonchev–Trinajstić information content (AvgIpc) is 3.58. The molecule has 0 amide bonds. The van der Waals surface area contributed by atoms with Gasteiger partial charge in [0.1, 0.15) is 48.8 Å².